The zero-order valence-corrected chi connectivity index (χ0v) is 15.0. The second-order valence-corrected chi connectivity index (χ2v) is 7.10. The molecule has 1 aromatic carbocycles. The van der Waals surface area contributed by atoms with Crippen LogP contribution < -0.4 is 9.80 Å². The van der Waals surface area contributed by atoms with Crippen LogP contribution in [0.2, 0.25) is 0 Å². The highest BCUT2D eigenvalue weighted by Crippen LogP contribution is 2.25. The summed E-state index contributed by atoms with van der Waals surface area (Å²) in [5.74, 6) is 1.47. The molecule has 2 fully saturated rings. The number of rotatable bonds is 4. The summed E-state index contributed by atoms with van der Waals surface area (Å²) in [6, 6.07) is 11.9. The standard InChI is InChI=1S/C20H25N5O/c26-19-14-17(16-25(19)18-6-2-1-3-7-18)15-23-10-5-11-24(13-12-23)20-21-8-4-9-22-20/h1-4,6-9,17H,5,10-16H2. The lowest BCUT2D eigenvalue weighted by Gasteiger charge is -2.24. The van der Waals surface area contributed by atoms with Gasteiger partial charge in [0.25, 0.3) is 0 Å². The Morgan fingerprint density at radius 2 is 1.77 bits per heavy atom. The van der Waals surface area contributed by atoms with E-state index in [2.05, 4.69) is 19.8 Å². The van der Waals surface area contributed by atoms with Gasteiger partial charge in [0, 0.05) is 57.2 Å². The molecule has 0 spiro atoms. The molecule has 2 aliphatic rings. The van der Waals surface area contributed by atoms with Crippen molar-refractivity contribution in [3.05, 3.63) is 48.8 Å². The minimum atomic E-state index is 0.246. The van der Waals surface area contributed by atoms with Crippen LogP contribution in [-0.4, -0.2) is 60.0 Å². The van der Waals surface area contributed by atoms with Gasteiger partial charge in [0.1, 0.15) is 0 Å². The molecule has 1 aromatic heterocycles. The summed E-state index contributed by atoms with van der Waals surface area (Å²) in [4.78, 5) is 27.8. The van der Waals surface area contributed by atoms with Crippen molar-refractivity contribution < 1.29 is 4.79 Å². The lowest BCUT2D eigenvalue weighted by molar-refractivity contribution is -0.117. The maximum Gasteiger partial charge on any atom is 0.227 e. The van der Waals surface area contributed by atoms with Crippen molar-refractivity contribution in [1.29, 1.82) is 0 Å². The van der Waals surface area contributed by atoms with Crippen LogP contribution in [0, 0.1) is 5.92 Å². The molecule has 0 aliphatic carbocycles. The Bertz CT molecular complexity index is 723. The van der Waals surface area contributed by atoms with Gasteiger partial charge >= 0.3 is 0 Å². The zero-order valence-electron chi connectivity index (χ0n) is 15.0. The van der Waals surface area contributed by atoms with Crippen molar-refractivity contribution in [2.24, 2.45) is 5.92 Å². The van der Waals surface area contributed by atoms with Gasteiger partial charge in [-0.15, -0.1) is 0 Å². The van der Waals surface area contributed by atoms with Crippen LogP contribution in [0.5, 0.6) is 0 Å². The fraction of sp³-hybridized carbons (Fsp3) is 0.450. The van der Waals surface area contributed by atoms with Crippen molar-refractivity contribution in [3.8, 4) is 0 Å². The first-order valence-electron chi connectivity index (χ1n) is 9.39. The number of aromatic nitrogens is 2. The minimum absolute atomic E-state index is 0.246. The summed E-state index contributed by atoms with van der Waals surface area (Å²) < 4.78 is 0. The van der Waals surface area contributed by atoms with Gasteiger partial charge in [-0.05, 0) is 37.1 Å². The first kappa shape index (κ1) is 17.0. The van der Waals surface area contributed by atoms with Crippen LogP contribution in [0.3, 0.4) is 0 Å². The van der Waals surface area contributed by atoms with Gasteiger partial charge in [-0.3, -0.25) is 4.79 Å². The quantitative estimate of drug-likeness (QED) is 0.844. The Hall–Kier alpha value is -2.47. The highest BCUT2D eigenvalue weighted by molar-refractivity contribution is 5.95. The summed E-state index contributed by atoms with van der Waals surface area (Å²) in [6.45, 7) is 5.80. The molecular weight excluding hydrogens is 326 g/mol. The summed E-state index contributed by atoms with van der Waals surface area (Å²) in [6.07, 6.45) is 5.35. The largest absolute Gasteiger partial charge is 0.339 e. The normalized spacial score (nSPS) is 21.8. The Labute approximate surface area is 154 Å². The zero-order chi connectivity index (χ0) is 17.8. The SMILES string of the molecule is O=C1CC(CN2CCCN(c3ncccn3)CC2)CN1c1ccccc1. The fourth-order valence-corrected chi connectivity index (χ4v) is 3.93. The van der Waals surface area contributed by atoms with E-state index in [9.17, 15) is 4.79 Å². The third-order valence-electron chi connectivity index (χ3n) is 5.21. The monoisotopic (exact) mass is 351 g/mol. The molecule has 1 unspecified atom stereocenters. The molecule has 2 aromatic rings. The van der Waals surface area contributed by atoms with Gasteiger partial charge in [0.15, 0.2) is 0 Å². The molecule has 0 N–H and O–H groups in total. The lowest BCUT2D eigenvalue weighted by Crippen LogP contribution is -2.35. The predicted molar refractivity (Wildman–Crippen MR) is 102 cm³/mol. The molecule has 3 heterocycles. The molecule has 4 rings (SSSR count). The fourth-order valence-electron chi connectivity index (χ4n) is 3.93. The predicted octanol–water partition coefficient (Wildman–Crippen LogP) is 2.04. The lowest BCUT2D eigenvalue weighted by atomic mass is 10.1. The van der Waals surface area contributed by atoms with Crippen LogP contribution in [0.15, 0.2) is 48.8 Å². The summed E-state index contributed by atoms with van der Waals surface area (Å²) in [5.41, 5.74) is 1.02. The number of anilines is 2. The number of hydrogen-bond donors (Lipinski definition) is 0. The number of amides is 1. The van der Waals surface area contributed by atoms with E-state index < -0.39 is 0 Å². The molecule has 6 heteroatoms. The number of carbonyl (C=O) groups is 1. The average molecular weight is 351 g/mol. The summed E-state index contributed by atoms with van der Waals surface area (Å²) in [7, 11) is 0. The topological polar surface area (TPSA) is 52.6 Å². The third kappa shape index (κ3) is 3.85. The summed E-state index contributed by atoms with van der Waals surface area (Å²) in [5, 5.41) is 0. The first-order chi connectivity index (χ1) is 12.8. The third-order valence-corrected chi connectivity index (χ3v) is 5.21. The molecule has 26 heavy (non-hydrogen) atoms. The van der Waals surface area contributed by atoms with Crippen molar-refractivity contribution in [2.75, 3.05) is 49.1 Å². The Morgan fingerprint density at radius 3 is 2.58 bits per heavy atom. The van der Waals surface area contributed by atoms with Crippen LogP contribution in [0.25, 0.3) is 0 Å². The van der Waals surface area contributed by atoms with Crippen molar-refractivity contribution in [1.82, 2.24) is 14.9 Å². The highest BCUT2D eigenvalue weighted by Gasteiger charge is 2.32. The van der Waals surface area contributed by atoms with Crippen LogP contribution in [-0.2, 0) is 4.79 Å². The molecule has 2 saturated heterocycles. The Kier molecular flexibility index (Phi) is 5.11. The molecule has 2 aliphatic heterocycles. The van der Waals surface area contributed by atoms with E-state index in [4.69, 9.17) is 0 Å². The minimum Gasteiger partial charge on any atom is -0.339 e. The Morgan fingerprint density at radius 1 is 0.962 bits per heavy atom. The second-order valence-electron chi connectivity index (χ2n) is 7.10. The maximum absolute atomic E-state index is 12.4. The molecule has 1 atom stereocenters. The number of hydrogen-bond acceptors (Lipinski definition) is 5. The van der Waals surface area contributed by atoms with Gasteiger partial charge in [-0.2, -0.15) is 0 Å². The first-order valence-corrected chi connectivity index (χ1v) is 9.39. The van der Waals surface area contributed by atoms with E-state index in [1.54, 1.807) is 12.4 Å². The molecule has 1 amide bonds. The molecule has 136 valence electrons. The number of carbonyl (C=O) groups excluding carboxylic acids is 1. The van der Waals surface area contributed by atoms with E-state index in [-0.39, 0.29) is 5.91 Å². The number of para-hydroxylation sites is 1. The van der Waals surface area contributed by atoms with Gasteiger partial charge in [-0.25, -0.2) is 9.97 Å². The summed E-state index contributed by atoms with van der Waals surface area (Å²) >= 11 is 0. The highest BCUT2D eigenvalue weighted by atomic mass is 16.2. The molecule has 0 radical (unpaired) electrons. The average Bonchev–Trinajstić information content (AvgIpc) is 2.89. The van der Waals surface area contributed by atoms with Gasteiger partial charge < -0.3 is 14.7 Å². The van der Waals surface area contributed by atoms with Gasteiger partial charge in [-0.1, -0.05) is 18.2 Å². The van der Waals surface area contributed by atoms with Crippen LogP contribution >= 0.6 is 0 Å². The van der Waals surface area contributed by atoms with E-state index in [0.29, 0.717) is 12.3 Å². The smallest absolute Gasteiger partial charge is 0.227 e. The van der Waals surface area contributed by atoms with Crippen molar-refractivity contribution in [3.63, 3.8) is 0 Å². The van der Waals surface area contributed by atoms with Crippen LogP contribution in [0.1, 0.15) is 12.8 Å². The van der Waals surface area contributed by atoms with Crippen LogP contribution in [0.4, 0.5) is 11.6 Å². The van der Waals surface area contributed by atoms with E-state index in [0.717, 1.165) is 57.3 Å². The molecular formula is C20H25N5O. The second kappa shape index (κ2) is 7.83. The molecule has 6 nitrogen and oxygen atoms in total. The van der Waals surface area contributed by atoms with E-state index >= 15 is 0 Å². The Balaban J connectivity index is 1.33. The molecule has 0 saturated carbocycles. The van der Waals surface area contributed by atoms with Crippen molar-refractivity contribution in [2.45, 2.75) is 12.8 Å². The van der Waals surface area contributed by atoms with Gasteiger partial charge in [0.2, 0.25) is 11.9 Å². The maximum atomic E-state index is 12.4. The van der Waals surface area contributed by atoms with E-state index in [1.807, 2.05) is 41.3 Å². The number of benzene rings is 1. The number of nitrogens with zero attached hydrogens (tertiary/aromatic N) is 5. The van der Waals surface area contributed by atoms with E-state index in [1.165, 1.54) is 0 Å². The van der Waals surface area contributed by atoms with Gasteiger partial charge in [0.05, 0.1) is 0 Å². The molecule has 0 bridgehead atoms. The van der Waals surface area contributed by atoms with Crippen molar-refractivity contribution >= 4 is 17.5 Å².